The topological polar surface area (TPSA) is 12.9 Å². The Morgan fingerprint density at radius 3 is 2.37 bits per heavy atom. The first-order chi connectivity index (χ1) is 9.18. The van der Waals surface area contributed by atoms with Gasteiger partial charge in [0.25, 0.3) is 0 Å². The summed E-state index contributed by atoms with van der Waals surface area (Å²) < 4.78 is 13.9. The first kappa shape index (κ1) is 12.4. The van der Waals surface area contributed by atoms with Crippen LogP contribution in [0, 0.1) is 5.82 Å². The smallest absolute Gasteiger partial charge is 0.139 e. The van der Waals surface area contributed by atoms with E-state index in [2.05, 4.69) is 4.98 Å². The number of hydrogen-bond donors (Lipinski definition) is 0. The third-order valence-electron chi connectivity index (χ3n) is 2.92. The van der Waals surface area contributed by atoms with Gasteiger partial charge in [0.1, 0.15) is 11.0 Å². The standard InChI is InChI=1S/C15H8Cl2FN/c16-14-12(9-5-2-1-3-6-9)15(17)19-11-8-4-7-10(18)13(11)14/h1-8H. The van der Waals surface area contributed by atoms with Gasteiger partial charge >= 0.3 is 0 Å². The van der Waals surface area contributed by atoms with Crippen molar-refractivity contribution in [2.24, 2.45) is 0 Å². The van der Waals surface area contributed by atoms with E-state index >= 15 is 0 Å². The zero-order valence-corrected chi connectivity index (χ0v) is 11.2. The SMILES string of the molecule is Fc1cccc2nc(Cl)c(-c3ccccc3)c(Cl)c12. The molecule has 0 aliphatic rings. The third kappa shape index (κ3) is 2.07. The molecule has 4 heteroatoms. The first-order valence-corrected chi connectivity index (χ1v) is 6.42. The summed E-state index contributed by atoms with van der Waals surface area (Å²) in [4.78, 5) is 4.21. The predicted octanol–water partition coefficient (Wildman–Crippen LogP) is 5.35. The number of aromatic nitrogens is 1. The molecular formula is C15H8Cl2FN. The van der Waals surface area contributed by atoms with E-state index in [1.807, 2.05) is 30.3 Å². The van der Waals surface area contributed by atoms with E-state index in [0.29, 0.717) is 21.5 Å². The van der Waals surface area contributed by atoms with Crippen LogP contribution in [-0.4, -0.2) is 4.98 Å². The van der Waals surface area contributed by atoms with E-state index in [0.717, 1.165) is 5.56 Å². The van der Waals surface area contributed by atoms with Gasteiger partial charge in [-0.15, -0.1) is 0 Å². The van der Waals surface area contributed by atoms with Crippen LogP contribution >= 0.6 is 23.2 Å². The predicted molar refractivity (Wildman–Crippen MR) is 77.2 cm³/mol. The number of pyridine rings is 1. The van der Waals surface area contributed by atoms with Crippen LogP contribution in [0.5, 0.6) is 0 Å². The summed E-state index contributed by atoms with van der Waals surface area (Å²) in [5.74, 6) is -0.399. The van der Waals surface area contributed by atoms with E-state index < -0.39 is 5.82 Å². The molecule has 0 N–H and O–H groups in total. The highest BCUT2D eigenvalue weighted by molar-refractivity contribution is 6.42. The Kier molecular flexibility index (Phi) is 3.13. The van der Waals surface area contributed by atoms with E-state index in [4.69, 9.17) is 23.2 Å². The van der Waals surface area contributed by atoms with Crippen molar-refractivity contribution in [1.29, 1.82) is 0 Å². The molecule has 0 saturated heterocycles. The summed E-state index contributed by atoms with van der Waals surface area (Å²) in [6, 6.07) is 14.0. The monoisotopic (exact) mass is 291 g/mol. The highest BCUT2D eigenvalue weighted by Gasteiger charge is 2.16. The lowest BCUT2D eigenvalue weighted by atomic mass is 10.0. The molecule has 1 aromatic heterocycles. The molecule has 2 aromatic carbocycles. The maximum atomic E-state index is 13.9. The average molecular weight is 292 g/mol. The van der Waals surface area contributed by atoms with E-state index in [9.17, 15) is 4.39 Å². The summed E-state index contributed by atoms with van der Waals surface area (Å²) in [7, 11) is 0. The Morgan fingerprint density at radius 2 is 1.63 bits per heavy atom. The molecule has 94 valence electrons. The molecule has 3 aromatic rings. The number of rotatable bonds is 1. The van der Waals surface area contributed by atoms with Crippen molar-refractivity contribution in [3.05, 3.63) is 64.5 Å². The number of fused-ring (bicyclic) bond motifs is 1. The van der Waals surface area contributed by atoms with Crippen LogP contribution in [0.15, 0.2) is 48.5 Å². The number of nitrogens with zero attached hydrogens (tertiary/aromatic N) is 1. The average Bonchev–Trinajstić information content (AvgIpc) is 2.39. The van der Waals surface area contributed by atoms with Gasteiger partial charge in [0.2, 0.25) is 0 Å². The van der Waals surface area contributed by atoms with Crippen molar-refractivity contribution >= 4 is 34.1 Å². The molecule has 0 saturated carbocycles. The van der Waals surface area contributed by atoms with Crippen molar-refractivity contribution in [3.8, 4) is 11.1 Å². The van der Waals surface area contributed by atoms with Crippen LogP contribution in [0.25, 0.3) is 22.0 Å². The van der Waals surface area contributed by atoms with Crippen molar-refractivity contribution in [2.45, 2.75) is 0 Å². The van der Waals surface area contributed by atoms with Crippen LogP contribution in [0.4, 0.5) is 4.39 Å². The molecule has 0 aliphatic carbocycles. The minimum Gasteiger partial charge on any atom is -0.235 e. The minimum absolute atomic E-state index is 0.273. The van der Waals surface area contributed by atoms with Gasteiger partial charge in [0.05, 0.1) is 15.9 Å². The largest absolute Gasteiger partial charge is 0.235 e. The number of hydrogen-bond acceptors (Lipinski definition) is 1. The molecule has 1 heterocycles. The Hall–Kier alpha value is -1.64. The van der Waals surface area contributed by atoms with Gasteiger partial charge in [-0.2, -0.15) is 0 Å². The second-order valence-corrected chi connectivity index (χ2v) is 4.83. The van der Waals surface area contributed by atoms with Gasteiger partial charge in [-0.05, 0) is 17.7 Å². The molecule has 1 nitrogen and oxygen atoms in total. The minimum atomic E-state index is -0.399. The second kappa shape index (κ2) is 4.80. The van der Waals surface area contributed by atoms with Gasteiger partial charge in [-0.1, -0.05) is 59.6 Å². The normalized spacial score (nSPS) is 10.9. The van der Waals surface area contributed by atoms with Gasteiger partial charge in [-0.3, -0.25) is 0 Å². The highest BCUT2D eigenvalue weighted by Crippen LogP contribution is 2.38. The van der Waals surface area contributed by atoms with Crippen LogP contribution in [0.2, 0.25) is 10.2 Å². The van der Waals surface area contributed by atoms with E-state index in [1.54, 1.807) is 12.1 Å². The summed E-state index contributed by atoms with van der Waals surface area (Å²) >= 11 is 12.5. The van der Waals surface area contributed by atoms with Crippen molar-refractivity contribution in [3.63, 3.8) is 0 Å². The number of benzene rings is 2. The highest BCUT2D eigenvalue weighted by atomic mass is 35.5. The van der Waals surface area contributed by atoms with E-state index in [-0.39, 0.29) is 5.15 Å². The van der Waals surface area contributed by atoms with Gasteiger partial charge in [0, 0.05) is 5.56 Å². The molecule has 19 heavy (non-hydrogen) atoms. The molecule has 0 aliphatic heterocycles. The van der Waals surface area contributed by atoms with Crippen molar-refractivity contribution in [2.75, 3.05) is 0 Å². The fourth-order valence-electron chi connectivity index (χ4n) is 2.05. The molecule has 0 unspecified atom stereocenters. The van der Waals surface area contributed by atoms with Crippen molar-refractivity contribution < 1.29 is 4.39 Å². The van der Waals surface area contributed by atoms with Crippen LogP contribution < -0.4 is 0 Å². The summed E-state index contributed by atoms with van der Waals surface area (Å²) in [6.07, 6.45) is 0. The van der Waals surface area contributed by atoms with Crippen LogP contribution in [-0.2, 0) is 0 Å². The Morgan fingerprint density at radius 1 is 0.895 bits per heavy atom. The van der Waals surface area contributed by atoms with Crippen LogP contribution in [0.3, 0.4) is 0 Å². The summed E-state index contributed by atoms with van der Waals surface area (Å²) in [6.45, 7) is 0. The summed E-state index contributed by atoms with van der Waals surface area (Å²) in [5, 5.41) is 0.862. The fraction of sp³-hybridized carbons (Fsp3) is 0. The van der Waals surface area contributed by atoms with Crippen LogP contribution in [0.1, 0.15) is 0 Å². The first-order valence-electron chi connectivity index (χ1n) is 5.67. The summed E-state index contributed by atoms with van der Waals surface area (Å²) in [5.41, 5.74) is 1.83. The van der Waals surface area contributed by atoms with E-state index in [1.165, 1.54) is 6.07 Å². The lowest BCUT2D eigenvalue weighted by Gasteiger charge is -2.10. The zero-order chi connectivity index (χ0) is 13.4. The number of halogens is 3. The van der Waals surface area contributed by atoms with Gasteiger partial charge < -0.3 is 0 Å². The molecular weight excluding hydrogens is 284 g/mol. The Bertz CT molecular complexity index is 757. The van der Waals surface area contributed by atoms with Crippen molar-refractivity contribution in [1.82, 2.24) is 4.98 Å². The molecule has 0 spiro atoms. The lowest BCUT2D eigenvalue weighted by molar-refractivity contribution is 0.639. The molecule has 3 rings (SSSR count). The lowest BCUT2D eigenvalue weighted by Crippen LogP contribution is -1.91. The maximum Gasteiger partial charge on any atom is 0.139 e. The third-order valence-corrected chi connectivity index (χ3v) is 3.57. The fourth-order valence-corrected chi connectivity index (χ4v) is 2.78. The molecule has 0 atom stereocenters. The molecule has 0 amide bonds. The molecule has 0 radical (unpaired) electrons. The molecule has 0 bridgehead atoms. The second-order valence-electron chi connectivity index (χ2n) is 4.09. The Labute approximate surface area is 119 Å². The maximum absolute atomic E-state index is 13.9. The molecule has 0 fully saturated rings. The Balaban J connectivity index is 2.41. The quantitative estimate of drug-likeness (QED) is 0.551. The van der Waals surface area contributed by atoms with Gasteiger partial charge in [-0.25, -0.2) is 9.37 Å². The van der Waals surface area contributed by atoms with Gasteiger partial charge in [0.15, 0.2) is 0 Å². The zero-order valence-electron chi connectivity index (χ0n) is 9.70.